The monoisotopic (exact) mass is 378 g/mol. The number of hydrogen-bond acceptors (Lipinski definition) is 5. The zero-order valence-corrected chi connectivity index (χ0v) is 16.1. The fourth-order valence-corrected chi connectivity index (χ4v) is 2.65. The molecular formula is C22H22N2O4. The van der Waals surface area contributed by atoms with Crippen molar-refractivity contribution in [3.63, 3.8) is 0 Å². The van der Waals surface area contributed by atoms with Crippen LogP contribution >= 0.6 is 0 Å². The molecule has 1 unspecified atom stereocenters. The van der Waals surface area contributed by atoms with Crippen LogP contribution in [0.4, 0.5) is 5.88 Å². The Kier molecular flexibility index (Phi) is 5.89. The smallest absolute Gasteiger partial charge is 0.267 e. The summed E-state index contributed by atoms with van der Waals surface area (Å²) >= 11 is 0. The summed E-state index contributed by atoms with van der Waals surface area (Å²) in [5, 5.41) is 6.65. The third-order valence-electron chi connectivity index (χ3n) is 4.34. The lowest BCUT2D eigenvalue weighted by atomic mass is 10.1. The molecule has 1 N–H and O–H groups in total. The summed E-state index contributed by atoms with van der Waals surface area (Å²) in [7, 11) is 0. The van der Waals surface area contributed by atoms with E-state index in [4.69, 9.17) is 9.26 Å². The maximum atomic E-state index is 12.4. The second-order valence-corrected chi connectivity index (χ2v) is 6.46. The lowest BCUT2D eigenvalue weighted by molar-refractivity contribution is -0.122. The molecule has 1 aromatic heterocycles. The molecule has 0 aliphatic rings. The molecule has 3 aromatic rings. The maximum Gasteiger partial charge on any atom is 0.267 e. The van der Waals surface area contributed by atoms with E-state index in [-0.39, 0.29) is 17.6 Å². The normalized spacial score (nSPS) is 11.7. The van der Waals surface area contributed by atoms with Gasteiger partial charge in [0.1, 0.15) is 11.4 Å². The molecule has 1 heterocycles. The highest BCUT2D eigenvalue weighted by molar-refractivity contribution is 5.95. The van der Waals surface area contributed by atoms with Gasteiger partial charge in [0, 0.05) is 17.2 Å². The predicted molar refractivity (Wildman–Crippen MR) is 106 cm³/mol. The Morgan fingerprint density at radius 2 is 1.89 bits per heavy atom. The summed E-state index contributed by atoms with van der Waals surface area (Å²) in [5.41, 5.74) is 3.31. The van der Waals surface area contributed by atoms with Crippen molar-refractivity contribution in [1.82, 2.24) is 5.16 Å². The molecule has 1 amide bonds. The van der Waals surface area contributed by atoms with Crippen LogP contribution in [-0.4, -0.2) is 23.0 Å². The molecule has 0 saturated carbocycles. The minimum Gasteiger partial charge on any atom is -0.481 e. The first-order chi connectivity index (χ1) is 13.5. The van der Waals surface area contributed by atoms with E-state index >= 15 is 0 Å². The molecule has 0 spiro atoms. The molecule has 1 atom stereocenters. The number of nitrogens with zero attached hydrogens (tertiary/aromatic N) is 1. The van der Waals surface area contributed by atoms with Gasteiger partial charge in [0.25, 0.3) is 5.91 Å². The molecule has 0 aliphatic heterocycles. The molecule has 0 bridgehead atoms. The van der Waals surface area contributed by atoms with Gasteiger partial charge < -0.3 is 9.26 Å². The lowest BCUT2D eigenvalue weighted by Gasteiger charge is -2.13. The third-order valence-corrected chi connectivity index (χ3v) is 4.34. The number of ketones is 1. The Hall–Kier alpha value is -3.41. The van der Waals surface area contributed by atoms with Crippen LogP contribution in [0.25, 0.3) is 11.3 Å². The van der Waals surface area contributed by atoms with Crippen molar-refractivity contribution < 1.29 is 18.8 Å². The minimum atomic E-state index is -0.778. The molecule has 3 rings (SSSR count). The first kappa shape index (κ1) is 19.4. The van der Waals surface area contributed by atoms with Gasteiger partial charge >= 0.3 is 0 Å². The van der Waals surface area contributed by atoms with Gasteiger partial charge in [-0.1, -0.05) is 48.5 Å². The molecule has 0 fully saturated rings. The molecule has 2 aromatic carbocycles. The molecular weight excluding hydrogens is 356 g/mol. The summed E-state index contributed by atoms with van der Waals surface area (Å²) in [6, 6.07) is 16.4. The Labute approximate surface area is 163 Å². The summed E-state index contributed by atoms with van der Waals surface area (Å²) in [4.78, 5) is 23.8. The SMILES string of the molecule is CCc1ccc(-c2cc(NC(=O)C(C)Oc3cccc(C(C)=O)c3)on2)cc1. The van der Waals surface area contributed by atoms with Gasteiger partial charge in [0.15, 0.2) is 11.9 Å². The number of hydrogen-bond donors (Lipinski definition) is 1. The van der Waals surface area contributed by atoms with Gasteiger partial charge in [0.05, 0.1) is 0 Å². The van der Waals surface area contributed by atoms with Crippen molar-refractivity contribution in [2.75, 3.05) is 5.32 Å². The average Bonchev–Trinajstić information content (AvgIpc) is 3.16. The van der Waals surface area contributed by atoms with Crippen LogP contribution in [0.15, 0.2) is 59.1 Å². The first-order valence-electron chi connectivity index (χ1n) is 9.11. The summed E-state index contributed by atoms with van der Waals surface area (Å²) in [6.45, 7) is 5.20. The second kappa shape index (κ2) is 8.52. The number of benzene rings is 2. The number of amides is 1. The number of anilines is 1. The molecule has 0 aliphatic carbocycles. The topological polar surface area (TPSA) is 81.4 Å². The number of carbonyl (C=O) groups is 2. The molecule has 0 radical (unpaired) electrons. The largest absolute Gasteiger partial charge is 0.481 e. The summed E-state index contributed by atoms with van der Waals surface area (Å²) in [5.74, 6) is 0.248. The second-order valence-electron chi connectivity index (χ2n) is 6.46. The highest BCUT2D eigenvalue weighted by Gasteiger charge is 2.18. The summed E-state index contributed by atoms with van der Waals surface area (Å²) < 4.78 is 10.8. The van der Waals surface area contributed by atoms with E-state index in [1.165, 1.54) is 12.5 Å². The zero-order valence-electron chi connectivity index (χ0n) is 16.1. The number of rotatable bonds is 7. The van der Waals surface area contributed by atoms with E-state index in [1.807, 2.05) is 24.3 Å². The molecule has 28 heavy (non-hydrogen) atoms. The van der Waals surface area contributed by atoms with Crippen molar-refractivity contribution in [2.24, 2.45) is 0 Å². The van der Waals surface area contributed by atoms with E-state index in [0.717, 1.165) is 12.0 Å². The van der Waals surface area contributed by atoms with Gasteiger partial charge in [-0.2, -0.15) is 0 Å². The van der Waals surface area contributed by atoms with Gasteiger partial charge in [-0.25, -0.2) is 0 Å². The molecule has 6 nitrogen and oxygen atoms in total. The van der Waals surface area contributed by atoms with Crippen molar-refractivity contribution in [3.8, 4) is 17.0 Å². The van der Waals surface area contributed by atoms with Crippen LogP contribution in [-0.2, 0) is 11.2 Å². The predicted octanol–water partition coefficient (Wildman–Crippen LogP) is 4.51. The van der Waals surface area contributed by atoms with E-state index in [9.17, 15) is 9.59 Å². The fraction of sp³-hybridized carbons (Fsp3) is 0.227. The Balaban J connectivity index is 1.63. The van der Waals surface area contributed by atoms with Gasteiger partial charge in [-0.15, -0.1) is 0 Å². The van der Waals surface area contributed by atoms with Crippen molar-refractivity contribution in [2.45, 2.75) is 33.3 Å². The molecule has 144 valence electrons. The number of nitrogens with one attached hydrogen (secondary N) is 1. The Morgan fingerprint density at radius 3 is 2.57 bits per heavy atom. The van der Waals surface area contributed by atoms with Gasteiger partial charge in [-0.05, 0) is 38.0 Å². The fourth-order valence-electron chi connectivity index (χ4n) is 2.65. The maximum absolute atomic E-state index is 12.4. The molecule has 0 saturated heterocycles. The number of Topliss-reactive ketones (excluding diaryl/α,β-unsaturated/α-hetero) is 1. The summed E-state index contributed by atoms with van der Waals surface area (Å²) in [6.07, 6.45) is 0.188. The van der Waals surface area contributed by atoms with Crippen LogP contribution in [0.2, 0.25) is 0 Å². The van der Waals surface area contributed by atoms with Crippen LogP contribution < -0.4 is 10.1 Å². The van der Waals surface area contributed by atoms with Crippen LogP contribution in [0.5, 0.6) is 5.75 Å². The quantitative estimate of drug-likeness (QED) is 0.612. The first-order valence-corrected chi connectivity index (χ1v) is 9.11. The van der Waals surface area contributed by atoms with Crippen molar-refractivity contribution in [3.05, 3.63) is 65.7 Å². The number of ether oxygens (including phenoxy) is 1. The van der Waals surface area contributed by atoms with Crippen molar-refractivity contribution >= 4 is 17.6 Å². The number of aryl methyl sites for hydroxylation is 1. The van der Waals surface area contributed by atoms with Gasteiger partial charge in [0.2, 0.25) is 5.88 Å². The number of aromatic nitrogens is 1. The average molecular weight is 378 g/mol. The standard InChI is InChI=1S/C22H22N2O4/c1-4-16-8-10-17(11-9-16)20-13-21(28-24-20)23-22(26)15(3)27-19-7-5-6-18(12-19)14(2)25/h5-13,15H,4H2,1-3H3,(H,23,26). The zero-order chi connectivity index (χ0) is 20.1. The lowest BCUT2D eigenvalue weighted by Crippen LogP contribution is -2.30. The van der Waals surface area contributed by atoms with Crippen LogP contribution in [0, 0.1) is 0 Å². The van der Waals surface area contributed by atoms with Crippen LogP contribution in [0.1, 0.15) is 36.7 Å². The van der Waals surface area contributed by atoms with E-state index in [2.05, 4.69) is 17.4 Å². The molecule has 6 heteroatoms. The highest BCUT2D eigenvalue weighted by Crippen LogP contribution is 2.23. The van der Waals surface area contributed by atoms with E-state index in [0.29, 0.717) is 17.0 Å². The van der Waals surface area contributed by atoms with E-state index < -0.39 is 6.10 Å². The highest BCUT2D eigenvalue weighted by atomic mass is 16.5. The van der Waals surface area contributed by atoms with Crippen LogP contribution in [0.3, 0.4) is 0 Å². The third kappa shape index (κ3) is 4.65. The van der Waals surface area contributed by atoms with Crippen molar-refractivity contribution in [1.29, 1.82) is 0 Å². The van der Waals surface area contributed by atoms with Gasteiger partial charge in [-0.3, -0.25) is 14.9 Å². The Bertz CT molecular complexity index is 976. The Morgan fingerprint density at radius 1 is 1.14 bits per heavy atom. The minimum absolute atomic E-state index is 0.0660. The van der Waals surface area contributed by atoms with E-state index in [1.54, 1.807) is 37.3 Å². The number of carbonyl (C=O) groups excluding carboxylic acids is 2.